The quantitative estimate of drug-likeness (QED) is 0.854. The van der Waals surface area contributed by atoms with Crippen LogP contribution in [0.2, 0.25) is 0 Å². The zero-order chi connectivity index (χ0) is 16.2. The maximum Gasteiger partial charge on any atom is 0.243 e. The van der Waals surface area contributed by atoms with Gasteiger partial charge in [-0.3, -0.25) is 4.79 Å². The first-order valence-electron chi connectivity index (χ1n) is 7.46. The molecule has 1 amide bonds. The van der Waals surface area contributed by atoms with Crippen LogP contribution in [0.5, 0.6) is 0 Å². The number of anilines is 1. The summed E-state index contributed by atoms with van der Waals surface area (Å²) in [6.45, 7) is 3.46. The highest BCUT2D eigenvalue weighted by Crippen LogP contribution is 2.24. The van der Waals surface area contributed by atoms with Crippen molar-refractivity contribution in [1.82, 2.24) is 9.62 Å². The van der Waals surface area contributed by atoms with Gasteiger partial charge < -0.3 is 10.6 Å². The fraction of sp³-hybridized carbons (Fsp3) is 0.533. The molecular formula is C15H23N3O3S. The van der Waals surface area contributed by atoms with Gasteiger partial charge in [0.1, 0.15) is 0 Å². The normalized spacial score (nSPS) is 17.4. The molecule has 1 aromatic rings. The molecule has 122 valence electrons. The predicted molar refractivity (Wildman–Crippen MR) is 86.2 cm³/mol. The van der Waals surface area contributed by atoms with Crippen molar-refractivity contribution in [2.45, 2.75) is 24.7 Å². The van der Waals surface area contributed by atoms with E-state index in [0.717, 1.165) is 19.4 Å². The Morgan fingerprint density at radius 1 is 1.23 bits per heavy atom. The third-order valence-electron chi connectivity index (χ3n) is 3.88. The van der Waals surface area contributed by atoms with E-state index in [1.165, 1.54) is 6.92 Å². The summed E-state index contributed by atoms with van der Waals surface area (Å²) >= 11 is 0. The molecule has 0 atom stereocenters. The van der Waals surface area contributed by atoms with Crippen molar-refractivity contribution in [3.05, 3.63) is 24.3 Å². The van der Waals surface area contributed by atoms with Crippen LogP contribution in [0.3, 0.4) is 0 Å². The Labute approximate surface area is 131 Å². The number of benzene rings is 1. The topological polar surface area (TPSA) is 78.5 Å². The molecule has 0 radical (unpaired) electrons. The molecule has 2 rings (SSSR count). The smallest absolute Gasteiger partial charge is 0.243 e. The molecule has 7 heteroatoms. The molecule has 1 fully saturated rings. The highest BCUT2D eigenvalue weighted by Gasteiger charge is 2.29. The van der Waals surface area contributed by atoms with Crippen LogP contribution in [-0.2, 0) is 14.8 Å². The van der Waals surface area contributed by atoms with E-state index >= 15 is 0 Å². The Morgan fingerprint density at radius 3 is 2.32 bits per heavy atom. The zero-order valence-electron chi connectivity index (χ0n) is 13.0. The van der Waals surface area contributed by atoms with Gasteiger partial charge in [0.05, 0.1) is 4.90 Å². The van der Waals surface area contributed by atoms with Gasteiger partial charge in [0.2, 0.25) is 15.9 Å². The van der Waals surface area contributed by atoms with Crippen molar-refractivity contribution < 1.29 is 13.2 Å². The monoisotopic (exact) mass is 325 g/mol. The number of sulfonamides is 1. The van der Waals surface area contributed by atoms with E-state index in [0.29, 0.717) is 24.7 Å². The Kier molecular flexibility index (Phi) is 5.55. The molecular weight excluding hydrogens is 302 g/mol. The van der Waals surface area contributed by atoms with E-state index in [-0.39, 0.29) is 10.8 Å². The molecule has 0 unspecified atom stereocenters. The molecule has 0 spiro atoms. The summed E-state index contributed by atoms with van der Waals surface area (Å²) in [4.78, 5) is 11.3. The fourth-order valence-corrected chi connectivity index (χ4v) is 4.17. The average Bonchev–Trinajstić information content (AvgIpc) is 2.48. The lowest BCUT2D eigenvalue weighted by molar-refractivity contribution is -0.114. The standard InChI is InChI=1S/C15H23N3O3S/c1-12(19)17-14-3-5-15(6-4-14)22(20,21)18-9-7-13(8-10-18)11-16-2/h3-6,13,16H,7-11H2,1-2H3,(H,17,19). The minimum atomic E-state index is -3.45. The van der Waals surface area contributed by atoms with E-state index in [4.69, 9.17) is 0 Å². The van der Waals surface area contributed by atoms with Gasteiger partial charge in [0.15, 0.2) is 0 Å². The molecule has 1 heterocycles. The molecule has 1 aliphatic heterocycles. The van der Waals surface area contributed by atoms with Gasteiger partial charge in [0.25, 0.3) is 0 Å². The van der Waals surface area contributed by atoms with Crippen molar-refractivity contribution in [1.29, 1.82) is 0 Å². The largest absolute Gasteiger partial charge is 0.326 e. The number of piperidine rings is 1. The van der Waals surface area contributed by atoms with Crippen LogP contribution in [-0.4, -0.2) is 45.3 Å². The number of amides is 1. The average molecular weight is 325 g/mol. The van der Waals surface area contributed by atoms with Gasteiger partial charge in [-0.25, -0.2) is 8.42 Å². The molecule has 6 nitrogen and oxygen atoms in total. The van der Waals surface area contributed by atoms with Crippen LogP contribution in [0.1, 0.15) is 19.8 Å². The van der Waals surface area contributed by atoms with E-state index in [1.54, 1.807) is 28.6 Å². The van der Waals surface area contributed by atoms with Crippen molar-refractivity contribution in [3.8, 4) is 0 Å². The minimum Gasteiger partial charge on any atom is -0.326 e. The third-order valence-corrected chi connectivity index (χ3v) is 5.79. The number of nitrogens with one attached hydrogen (secondary N) is 2. The van der Waals surface area contributed by atoms with Gasteiger partial charge in [0, 0.05) is 25.7 Å². The second-order valence-electron chi connectivity index (χ2n) is 5.61. The molecule has 0 bridgehead atoms. The number of rotatable bonds is 5. The summed E-state index contributed by atoms with van der Waals surface area (Å²) < 4.78 is 26.8. The molecule has 2 N–H and O–H groups in total. The Balaban J connectivity index is 2.06. The lowest BCUT2D eigenvalue weighted by Crippen LogP contribution is -2.40. The highest BCUT2D eigenvalue weighted by molar-refractivity contribution is 7.89. The van der Waals surface area contributed by atoms with Crippen LogP contribution >= 0.6 is 0 Å². The van der Waals surface area contributed by atoms with Gasteiger partial charge in [-0.15, -0.1) is 0 Å². The van der Waals surface area contributed by atoms with Crippen LogP contribution in [0.15, 0.2) is 29.2 Å². The van der Waals surface area contributed by atoms with Crippen LogP contribution in [0.25, 0.3) is 0 Å². The first-order chi connectivity index (χ1) is 10.4. The molecule has 0 aromatic heterocycles. The lowest BCUT2D eigenvalue weighted by atomic mass is 9.98. The first kappa shape index (κ1) is 16.9. The van der Waals surface area contributed by atoms with Gasteiger partial charge in [-0.2, -0.15) is 4.31 Å². The van der Waals surface area contributed by atoms with Crippen molar-refractivity contribution in [2.24, 2.45) is 5.92 Å². The summed E-state index contributed by atoms with van der Waals surface area (Å²) in [7, 11) is -1.53. The maximum atomic E-state index is 12.6. The predicted octanol–water partition coefficient (Wildman–Crippen LogP) is 1.27. The Hall–Kier alpha value is -1.44. The number of nitrogens with zero attached hydrogens (tertiary/aromatic N) is 1. The fourth-order valence-electron chi connectivity index (χ4n) is 2.71. The van der Waals surface area contributed by atoms with Gasteiger partial charge in [-0.1, -0.05) is 0 Å². The molecule has 1 aliphatic rings. The second-order valence-corrected chi connectivity index (χ2v) is 7.55. The van der Waals surface area contributed by atoms with E-state index in [2.05, 4.69) is 10.6 Å². The van der Waals surface area contributed by atoms with Crippen molar-refractivity contribution in [2.75, 3.05) is 32.0 Å². The third kappa shape index (κ3) is 4.06. The van der Waals surface area contributed by atoms with E-state index < -0.39 is 10.0 Å². The summed E-state index contributed by atoms with van der Waals surface area (Å²) in [6, 6.07) is 6.31. The highest BCUT2D eigenvalue weighted by atomic mass is 32.2. The SMILES string of the molecule is CNCC1CCN(S(=O)(=O)c2ccc(NC(C)=O)cc2)CC1. The van der Waals surface area contributed by atoms with Gasteiger partial charge in [-0.05, 0) is 56.6 Å². The van der Waals surface area contributed by atoms with Crippen LogP contribution in [0.4, 0.5) is 5.69 Å². The number of carbonyl (C=O) groups is 1. The lowest BCUT2D eigenvalue weighted by Gasteiger charge is -2.31. The molecule has 1 saturated heterocycles. The maximum absolute atomic E-state index is 12.6. The van der Waals surface area contributed by atoms with E-state index in [1.807, 2.05) is 7.05 Å². The van der Waals surface area contributed by atoms with Crippen molar-refractivity contribution in [3.63, 3.8) is 0 Å². The number of hydrogen-bond donors (Lipinski definition) is 2. The molecule has 0 aliphatic carbocycles. The summed E-state index contributed by atoms with van der Waals surface area (Å²) in [5.74, 6) is 0.362. The van der Waals surface area contributed by atoms with Gasteiger partial charge >= 0.3 is 0 Å². The summed E-state index contributed by atoms with van der Waals surface area (Å²) in [5, 5.41) is 5.77. The summed E-state index contributed by atoms with van der Waals surface area (Å²) in [6.07, 6.45) is 1.76. The zero-order valence-corrected chi connectivity index (χ0v) is 13.8. The van der Waals surface area contributed by atoms with Crippen molar-refractivity contribution >= 4 is 21.6 Å². The number of carbonyl (C=O) groups excluding carboxylic acids is 1. The molecule has 1 aromatic carbocycles. The molecule has 22 heavy (non-hydrogen) atoms. The first-order valence-corrected chi connectivity index (χ1v) is 8.90. The van der Waals surface area contributed by atoms with Crippen LogP contribution in [0, 0.1) is 5.92 Å². The Morgan fingerprint density at radius 2 is 1.82 bits per heavy atom. The van der Waals surface area contributed by atoms with E-state index in [9.17, 15) is 13.2 Å². The minimum absolute atomic E-state index is 0.179. The summed E-state index contributed by atoms with van der Waals surface area (Å²) in [5.41, 5.74) is 0.596. The molecule has 0 saturated carbocycles. The Bertz CT molecular complexity index is 605. The van der Waals surface area contributed by atoms with Crippen LogP contribution < -0.4 is 10.6 Å². The number of hydrogen-bond acceptors (Lipinski definition) is 4. The second kappa shape index (κ2) is 7.21.